The van der Waals surface area contributed by atoms with E-state index in [0.717, 1.165) is 18.4 Å². The first-order valence-corrected chi connectivity index (χ1v) is 14.7. The number of benzene rings is 2. The molecule has 5 rings (SSSR count). The quantitative estimate of drug-likeness (QED) is 0.359. The highest BCUT2D eigenvalue weighted by Gasteiger charge is 2.80. The van der Waals surface area contributed by atoms with Crippen LogP contribution in [0.5, 0.6) is 5.75 Å². The Morgan fingerprint density at radius 2 is 1.83 bits per heavy atom. The number of nitrogens with one attached hydrogen (secondary N) is 2. The third-order valence-corrected chi connectivity index (χ3v) is 9.24. The number of ether oxygens (including phenoxy) is 2. The third-order valence-electron chi connectivity index (χ3n) is 9.24. The molecular formula is C32H41N3O6. The highest BCUT2D eigenvalue weighted by Crippen LogP contribution is 2.66. The van der Waals surface area contributed by atoms with Crippen LogP contribution in [0.15, 0.2) is 54.6 Å². The van der Waals surface area contributed by atoms with Crippen LogP contribution in [0, 0.1) is 17.8 Å². The van der Waals surface area contributed by atoms with E-state index in [0.29, 0.717) is 31.0 Å². The molecule has 3 heterocycles. The van der Waals surface area contributed by atoms with Gasteiger partial charge in [0, 0.05) is 12.2 Å². The van der Waals surface area contributed by atoms with Crippen molar-refractivity contribution in [1.82, 2.24) is 10.2 Å². The largest absolute Gasteiger partial charge is 0.494 e. The minimum absolute atomic E-state index is 0.0853. The second-order valence-electron chi connectivity index (χ2n) is 11.6. The maximum atomic E-state index is 14.5. The van der Waals surface area contributed by atoms with E-state index in [1.165, 1.54) is 4.90 Å². The lowest BCUT2D eigenvalue weighted by atomic mass is 9.62. The molecule has 0 saturated carbocycles. The average Bonchev–Trinajstić information content (AvgIpc) is 3.48. The number of aliphatic hydroxyl groups is 1. The predicted molar refractivity (Wildman–Crippen MR) is 154 cm³/mol. The first-order chi connectivity index (χ1) is 19.7. The Balaban J connectivity index is 1.54. The van der Waals surface area contributed by atoms with Gasteiger partial charge in [-0.1, -0.05) is 50.6 Å². The molecule has 9 nitrogen and oxygen atoms in total. The molecule has 3 aliphatic rings. The monoisotopic (exact) mass is 563 g/mol. The van der Waals surface area contributed by atoms with Gasteiger partial charge >= 0.3 is 0 Å². The van der Waals surface area contributed by atoms with Crippen molar-refractivity contribution in [1.29, 1.82) is 0 Å². The summed E-state index contributed by atoms with van der Waals surface area (Å²) in [5, 5.41) is 16.6. The number of aliphatic hydroxyl groups excluding tert-OH is 1. The number of anilines is 1. The summed E-state index contributed by atoms with van der Waals surface area (Å²) in [6.45, 7) is 8.49. The van der Waals surface area contributed by atoms with Crippen LogP contribution in [0.4, 0.5) is 5.69 Å². The van der Waals surface area contributed by atoms with Crippen LogP contribution in [0.1, 0.15) is 58.6 Å². The van der Waals surface area contributed by atoms with Gasteiger partial charge in [-0.15, -0.1) is 0 Å². The third kappa shape index (κ3) is 4.78. The number of amides is 3. The van der Waals surface area contributed by atoms with Gasteiger partial charge < -0.3 is 30.1 Å². The fourth-order valence-corrected chi connectivity index (χ4v) is 7.25. The van der Waals surface area contributed by atoms with Crippen LogP contribution in [-0.4, -0.2) is 64.7 Å². The van der Waals surface area contributed by atoms with Crippen LogP contribution in [-0.2, 0) is 19.1 Å². The van der Waals surface area contributed by atoms with E-state index < -0.39 is 35.1 Å². The lowest BCUT2D eigenvalue weighted by molar-refractivity contribution is -0.150. The number of unbranched alkanes of at least 4 members (excludes halogenated alkanes) is 1. The first-order valence-electron chi connectivity index (χ1n) is 14.7. The Morgan fingerprint density at radius 1 is 1.12 bits per heavy atom. The highest BCUT2D eigenvalue weighted by molar-refractivity contribution is 6.02. The van der Waals surface area contributed by atoms with Gasteiger partial charge in [0.25, 0.3) is 0 Å². The summed E-state index contributed by atoms with van der Waals surface area (Å²) in [5.74, 6) is -2.06. The SMILES string of the molecule is CCCCNC(=O)C1N([C@H](CO)c2ccccc2)C(=O)[C@@H]2[C@H](C(=O)Nc3ccc(OCC)cc3)[C@@]3(C)OC12CC3C. The standard InChI is InChI=1S/C32H41N3O6/c1-5-7-17-33-29(38)27-32-18-20(3)31(4,41-32)25(28(37)34-22-13-15-23(16-14-22)40-6-2)26(32)30(39)35(27)24(19-36)21-11-9-8-10-12-21/h8-16,20,24-27,36H,5-7,17-19H2,1-4H3,(H,33,38)(H,34,37)/t20?,24-,25-,26+,27?,31+,32?/m1/s1. The summed E-state index contributed by atoms with van der Waals surface area (Å²) in [7, 11) is 0. The van der Waals surface area contributed by atoms with E-state index in [4.69, 9.17) is 9.47 Å². The molecule has 1 spiro atoms. The number of nitrogens with zero attached hydrogens (tertiary/aromatic N) is 1. The summed E-state index contributed by atoms with van der Waals surface area (Å²) < 4.78 is 12.3. The predicted octanol–water partition coefficient (Wildman–Crippen LogP) is 3.68. The van der Waals surface area contributed by atoms with E-state index in [1.807, 2.05) is 58.0 Å². The zero-order valence-electron chi connectivity index (χ0n) is 24.3. The molecule has 3 aliphatic heterocycles. The molecule has 3 saturated heterocycles. The van der Waals surface area contributed by atoms with Crippen LogP contribution >= 0.6 is 0 Å². The van der Waals surface area contributed by atoms with Crippen molar-refractivity contribution in [2.45, 2.75) is 70.2 Å². The Kier molecular flexibility index (Phi) is 8.12. The van der Waals surface area contributed by atoms with Crippen LogP contribution < -0.4 is 15.4 Å². The van der Waals surface area contributed by atoms with Gasteiger partial charge in [0.1, 0.15) is 17.4 Å². The fourth-order valence-electron chi connectivity index (χ4n) is 7.25. The van der Waals surface area contributed by atoms with Crippen molar-refractivity contribution < 1.29 is 29.0 Å². The minimum atomic E-state index is -1.19. The molecule has 2 bridgehead atoms. The Labute approximate surface area is 241 Å². The number of carbonyl (C=O) groups is 3. The zero-order valence-corrected chi connectivity index (χ0v) is 24.3. The number of hydrogen-bond donors (Lipinski definition) is 3. The second kappa shape index (κ2) is 11.4. The number of rotatable bonds is 11. The number of fused-ring (bicyclic) bond motifs is 1. The van der Waals surface area contributed by atoms with Crippen LogP contribution in [0.3, 0.4) is 0 Å². The molecule has 220 valence electrons. The van der Waals surface area contributed by atoms with E-state index in [9.17, 15) is 19.5 Å². The summed E-state index contributed by atoms with van der Waals surface area (Å²) in [6, 6.07) is 14.6. The highest BCUT2D eigenvalue weighted by atomic mass is 16.5. The lowest BCUT2D eigenvalue weighted by Crippen LogP contribution is -2.56. The Morgan fingerprint density at radius 3 is 2.46 bits per heavy atom. The van der Waals surface area contributed by atoms with Crippen molar-refractivity contribution >= 4 is 23.4 Å². The molecule has 41 heavy (non-hydrogen) atoms. The molecule has 3 unspecified atom stereocenters. The molecule has 3 fully saturated rings. The summed E-state index contributed by atoms with van der Waals surface area (Å²) in [5.41, 5.74) is -0.828. The molecule has 2 aromatic carbocycles. The van der Waals surface area contributed by atoms with Gasteiger partial charge in [0.05, 0.1) is 36.7 Å². The molecule has 0 radical (unpaired) electrons. The van der Waals surface area contributed by atoms with E-state index in [-0.39, 0.29) is 30.2 Å². The van der Waals surface area contributed by atoms with Gasteiger partial charge in [-0.25, -0.2) is 0 Å². The normalized spacial score (nSPS) is 30.7. The summed E-state index contributed by atoms with van der Waals surface area (Å²) in [4.78, 5) is 43.9. The Hall–Kier alpha value is -3.43. The summed E-state index contributed by atoms with van der Waals surface area (Å²) in [6.07, 6.45) is 2.17. The van der Waals surface area contributed by atoms with Gasteiger partial charge in [0.2, 0.25) is 17.7 Å². The van der Waals surface area contributed by atoms with E-state index >= 15 is 0 Å². The van der Waals surface area contributed by atoms with Gasteiger partial charge in [0.15, 0.2) is 0 Å². The number of carbonyl (C=O) groups excluding carboxylic acids is 3. The average molecular weight is 564 g/mol. The van der Waals surface area contributed by atoms with E-state index in [2.05, 4.69) is 10.6 Å². The molecule has 0 aliphatic carbocycles. The van der Waals surface area contributed by atoms with E-state index in [1.54, 1.807) is 24.3 Å². The Bertz CT molecular complexity index is 1270. The molecule has 7 atom stereocenters. The van der Waals surface area contributed by atoms with Crippen LogP contribution in [0.2, 0.25) is 0 Å². The minimum Gasteiger partial charge on any atom is -0.494 e. The number of likely N-dealkylation sites (tertiary alicyclic amines) is 1. The van der Waals surface area contributed by atoms with Gasteiger partial charge in [-0.3, -0.25) is 14.4 Å². The molecule has 9 heteroatoms. The smallest absolute Gasteiger partial charge is 0.245 e. The van der Waals surface area contributed by atoms with Crippen LogP contribution in [0.25, 0.3) is 0 Å². The molecule has 3 N–H and O–H groups in total. The van der Waals surface area contributed by atoms with Crippen molar-refractivity contribution in [3.8, 4) is 5.75 Å². The van der Waals surface area contributed by atoms with Gasteiger partial charge in [-0.05, 0) is 62.4 Å². The second-order valence-corrected chi connectivity index (χ2v) is 11.6. The zero-order chi connectivity index (χ0) is 29.4. The number of hydrogen-bond acceptors (Lipinski definition) is 6. The van der Waals surface area contributed by atoms with Gasteiger partial charge in [-0.2, -0.15) is 0 Å². The van der Waals surface area contributed by atoms with Crippen molar-refractivity contribution in [2.24, 2.45) is 17.8 Å². The molecular weight excluding hydrogens is 522 g/mol. The first kappa shape index (κ1) is 29.1. The topological polar surface area (TPSA) is 117 Å². The molecule has 0 aromatic heterocycles. The maximum Gasteiger partial charge on any atom is 0.245 e. The van der Waals surface area contributed by atoms with Crippen molar-refractivity contribution in [2.75, 3.05) is 25.1 Å². The van der Waals surface area contributed by atoms with Crippen molar-refractivity contribution in [3.05, 3.63) is 60.2 Å². The summed E-state index contributed by atoms with van der Waals surface area (Å²) >= 11 is 0. The lowest BCUT2D eigenvalue weighted by Gasteiger charge is -2.37. The fraction of sp³-hybridized carbons (Fsp3) is 0.531. The van der Waals surface area contributed by atoms with Crippen molar-refractivity contribution in [3.63, 3.8) is 0 Å². The molecule has 2 aromatic rings. The maximum absolute atomic E-state index is 14.5. The molecule has 3 amide bonds.